The Bertz CT molecular complexity index is 400. The fraction of sp³-hybridized carbons (Fsp3) is 0.667. The van der Waals surface area contributed by atoms with E-state index in [1.165, 1.54) is 12.0 Å². The molecule has 1 aromatic rings. The zero-order valence-electron chi connectivity index (χ0n) is 13.9. The van der Waals surface area contributed by atoms with E-state index in [0.717, 1.165) is 37.1 Å². The van der Waals surface area contributed by atoms with E-state index in [1.807, 2.05) is 0 Å². The quantitative estimate of drug-likeness (QED) is 0.641. The van der Waals surface area contributed by atoms with Crippen LogP contribution in [0.3, 0.4) is 0 Å². The Kier molecular flexibility index (Phi) is 8.53. The first kappa shape index (κ1) is 18.7. The summed E-state index contributed by atoms with van der Waals surface area (Å²) in [7, 11) is 0. The summed E-state index contributed by atoms with van der Waals surface area (Å²) in [5.41, 5.74) is 1.58. The van der Waals surface area contributed by atoms with Crippen molar-refractivity contribution in [1.29, 1.82) is 0 Å². The summed E-state index contributed by atoms with van der Waals surface area (Å²) in [4.78, 5) is 0. The molecule has 0 amide bonds. The minimum Gasteiger partial charge on any atom is -0.382 e. The van der Waals surface area contributed by atoms with Crippen LogP contribution in [0.1, 0.15) is 46.1 Å². The molecule has 120 valence electrons. The van der Waals surface area contributed by atoms with Crippen LogP contribution in [0.4, 0.5) is 0 Å². The van der Waals surface area contributed by atoms with E-state index in [4.69, 9.17) is 4.74 Å². The van der Waals surface area contributed by atoms with Gasteiger partial charge in [0, 0.05) is 23.2 Å². The van der Waals surface area contributed by atoms with E-state index in [2.05, 4.69) is 73.2 Å². The molecule has 0 heterocycles. The average molecular weight is 356 g/mol. The molecule has 0 aliphatic carbocycles. The minimum atomic E-state index is 0.176. The molecule has 0 radical (unpaired) electrons. The van der Waals surface area contributed by atoms with Crippen LogP contribution >= 0.6 is 15.9 Å². The zero-order chi connectivity index (χ0) is 15.7. The highest BCUT2D eigenvalue weighted by Crippen LogP contribution is 2.18. The Labute approximate surface area is 138 Å². The molecular weight excluding hydrogens is 326 g/mol. The molecule has 21 heavy (non-hydrogen) atoms. The highest BCUT2D eigenvalue weighted by molar-refractivity contribution is 9.10. The van der Waals surface area contributed by atoms with Crippen molar-refractivity contribution in [2.75, 3.05) is 19.8 Å². The lowest BCUT2D eigenvalue weighted by atomic mass is 9.93. The molecule has 0 saturated heterocycles. The molecule has 2 nitrogen and oxygen atoms in total. The van der Waals surface area contributed by atoms with Gasteiger partial charge < -0.3 is 10.1 Å². The summed E-state index contributed by atoms with van der Waals surface area (Å²) >= 11 is 3.56. The van der Waals surface area contributed by atoms with Crippen molar-refractivity contribution in [3.8, 4) is 0 Å². The monoisotopic (exact) mass is 355 g/mol. The minimum absolute atomic E-state index is 0.176. The molecule has 1 N–H and O–H groups in total. The van der Waals surface area contributed by atoms with Gasteiger partial charge in [0.25, 0.3) is 0 Å². The van der Waals surface area contributed by atoms with Crippen molar-refractivity contribution in [3.05, 3.63) is 34.3 Å². The van der Waals surface area contributed by atoms with Crippen molar-refractivity contribution < 1.29 is 4.74 Å². The number of rotatable bonds is 9. The van der Waals surface area contributed by atoms with Crippen LogP contribution in [-0.4, -0.2) is 25.3 Å². The van der Waals surface area contributed by atoms with Crippen LogP contribution in [0.5, 0.6) is 0 Å². The van der Waals surface area contributed by atoms with Gasteiger partial charge >= 0.3 is 0 Å². The summed E-state index contributed by atoms with van der Waals surface area (Å²) in [6.45, 7) is 11.5. The molecule has 1 unspecified atom stereocenters. The molecule has 0 aliphatic heterocycles. The van der Waals surface area contributed by atoms with E-state index in [-0.39, 0.29) is 5.54 Å². The van der Waals surface area contributed by atoms with Crippen LogP contribution in [0.25, 0.3) is 0 Å². The van der Waals surface area contributed by atoms with Gasteiger partial charge in [-0.15, -0.1) is 0 Å². The second-order valence-corrected chi connectivity index (χ2v) is 7.59. The van der Waals surface area contributed by atoms with Gasteiger partial charge in [-0.3, -0.25) is 0 Å². The third-order valence-corrected chi connectivity index (χ3v) is 3.93. The molecule has 0 saturated carbocycles. The number of hydrogen-bond acceptors (Lipinski definition) is 2. The van der Waals surface area contributed by atoms with Crippen LogP contribution in [0.15, 0.2) is 28.7 Å². The Balaban J connectivity index is 2.53. The second kappa shape index (κ2) is 9.60. The zero-order valence-corrected chi connectivity index (χ0v) is 15.5. The summed E-state index contributed by atoms with van der Waals surface area (Å²) in [5.74, 6) is 0.652. The first-order chi connectivity index (χ1) is 9.90. The third-order valence-electron chi connectivity index (χ3n) is 3.44. The van der Waals surface area contributed by atoms with E-state index in [0.29, 0.717) is 5.92 Å². The maximum Gasteiger partial charge on any atom is 0.0466 e. The van der Waals surface area contributed by atoms with Gasteiger partial charge in [-0.25, -0.2) is 0 Å². The standard InChI is InChI=1S/C18H30BrNO/c1-5-21-11-7-9-16(14-20-18(2,3)4)12-15-8-6-10-17(19)13-15/h6,8,10,13,16,20H,5,7,9,11-12,14H2,1-4H3. The van der Waals surface area contributed by atoms with E-state index in [9.17, 15) is 0 Å². The molecule has 0 aliphatic rings. The Hall–Kier alpha value is -0.380. The van der Waals surface area contributed by atoms with Crippen molar-refractivity contribution in [2.24, 2.45) is 5.92 Å². The molecule has 0 spiro atoms. The van der Waals surface area contributed by atoms with Gasteiger partial charge in [-0.2, -0.15) is 0 Å². The Morgan fingerprint density at radius 1 is 1.29 bits per heavy atom. The van der Waals surface area contributed by atoms with Crippen molar-refractivity contribution in [2.45, 2.75) is 52.5 Å². The van der Waals surface area contributed by atoms with Crippen molar-refractivity contribution in [3.63, 3.8) is 0 Å². The summed E-state index contributed by atoms with van der Waals surface area (Å²) in [6.07, 6.45) is 3.46. The first-order valence-electron chi connectivity index (χ1n) is 7.98. The predicted molar refractivity (Wildman–Crippen MR) is 94.8 cm³/mol. The van der Waals surface area contributed by atoms with Crippen LogP contribution < -0.4 is 5.32 Å². The highest BCUT2D eigenvalue weighted by atomic mass is 79.9. The molecule has 3 heteroatoms. The Morgan fingerprint density at radius 2 is 2.05 bits per heavy atom. The molecule has 0 fully saturated rings. The number of nitrogens with one attached hydrogen (secondary N) is 1. The summed E-state index contributed by atoms with van der Waals surface area (Å²) in [6, 6.07) is 8.65. The lowest BCUT2D eigenvalue weighted by Gasteiger charge is -2.25. The molecule has 1 aromatic carbocycles. The maximum atomic E-state index is 5.47. The lowest BCUT2D eigenvalue weighted by molar-refractivity contribution is 0.138. The van der Waals surface area contributed by atoms with E-state index >= 15 is 0 Å². The topological polar surface area (TPSA) is 21.3 Å². The number of halogens is 1. The van der Waals surface area contributed by atoms with Gasteiger partial charge in [0.05, 0.1) is 0 Å². The number of ether oxygens (including phenoxy) is 1. The fourth-order valence-electron chi connectivity index (χ4n) is 2.34. The maximum absolute atomic E-state index is 5.47. The van der Waals surface area contributed by atoms with Crippen molar-refractivity contribution in [1.82, 2.24) is 5.32 Å². The lowest BCUT2D eigenvalue weighted by Crippen LogP contribution is -2.39. The van der Waals surface area contributed by atoms with E-state index < -0.39 is 0 Å². The third kappa shape index (κ3) is 9.28. The summed E-state index contributed by atoms with van der Waals surface area (Å²) in [5, 5.41) is 3.65. The Morgan fingerprint density at radius 3 is 2.67 bits per heavy atom. The van der Waals surface area contributed by atoms with Crippen LogP contribution in [0, 0.1) is 5.92 Å². The first-order valence-corrected chi connectivity index (χ1v) is 8.77. The molecule has 0 bridgehead atoms. The number of hydrogen-bond donors (Lipinski definition) is 1. The normalized spacial score (nSPS) is 13.4. The van der Waals surface area contributed by atoms with Gasteiger partial charge in [-0.1, -0.05) is 28.1 Å². The second-order valence-electron chi connectivity index (χ2n) is 6.67. The van der Waals surface area contributed by atoms with Gasteiger partial charge in [0.2, 0.25) is 0 Å². The highest BCUT2D eigenvalue weighted by Gasteiger charge is 2.15. The van der Waals surface area contributed by atoms with Crippen molar-refractivity contribution >= 4 is 15.9 Å². The van der Waals surface area contributed by atoms with Gasteiger partial charge in [-0.05, 0) is 77.1 Å². The van der Waals surface area contributed by atoms with Crippen LogP contribution in [0.2, 0.25) is 0 Å². The van der Waals surface area contributed by atoms with Gasteiger partial charge in [0.1, 0.15) is 0 Å². The van der Waals surface area contributed by atoms with E-state index in [1.54, 1.807) is 0 Å². The smallest absolute Gasteiger partial charge is 0.0466 e. The molecular formula is C18H30BrNO. The summed E-state index contributed by atoms with van der Waals surface area (Å²) < 4.78 is 6.63. The predicted octanol–water partition coefficient (Wildman–Crippen LogP) is 4.81. The average Bonchev–Trinajstić information content (AvgIpc) is 2.40. The SMILES string of the molecule is CCOCCCC(CNC(C)(C)C)Cc1cccc(Br)c1. The molecule has 1 atom stereocenters. The number of benzene rings is 1. The largest absolute Gasteiger partial charge is 0.382 e. The van der Waals surface area contributed by atoms with Crippen LogP contribution in [-0.2, 0) is 11.2 Å². The van der Waals surface area contributed by atoms with Gasteiger partial charge in [0.15, 0.2) is 0 Å². The molecule has 1 rings (SSSR count). The fourth-order valence-corrected chi connectivity index (χ4v) is 2.79. The molecule has 0 aromatic heterocycles.